The summed E-state index contributed by atoms with van der Waals surface area (Å²) in [6.45, 7) is -1.37. The largest absolute Gasteiger partial charge is 0.464 e. The summed E-state index contributed by atoms with van der Waals surface area (Å²) in [7, 11) is 0. The highest BCUT2D eigenvalue weighted by Gasteiger charge is 2.28. The Morgan fingerprint density at radius 1 is 1.13 bits per heavy atom. The Bertz CT molecular complexity index is 1420. The first kappa shape index (κ1) is 19.3. The third-order valence-electron chi connectivity index (χ3n) is 4.73. The molecule has 0 fully saturated rings. The van der Waals surface area contributed by atoms with Gasteiger partial charge in [-0.1, -0.05) is 12.1 Å². The second-order valence-electron chi connectivity index (χ2n) is 6.84. The summed E-state index contributed by atoms with van der Waals surface area (Å²) < 4.78 is 44.0. The van der Waals surface area contributed by atoms with Gasteiger partial charge in [0.1, 0.15) is 12.1 Å². The van der Waals surface area contributed by atoms with Crippen molar-refractivity contribution in [1.29, 1.82) is 0 Å². The summed E-state index contributed by atoms with van der Waals surface area (Å²) in [5, 5.41) is 8.92. The second-order valence-corrected chi connectivity index (χ2v) is 7.75. The van der Waals surface area contributed by atoms with Crippen LogP contribution in [0.4, 0.5) is 13.2 Å². The number of hydrogen-bond donors (Lipinski definition) is 1. The van der Waals surface area contributed by atoms with Gasteiger partial charge >= 0.3 is 6.18 Å². The van der Waals surface area contributed by atoms with Gasteiger partial charge in [-0.05, 0) is 34.7 Å². The molecule has 5 rings (SSSR count). The van der Waals surface area contributed by atoms with Gasteiger partial charge in [0, 0.05) is 28.9 Å². The molecule has 0 aliphatic rings. The number of aromatic nitrogens is 3. The SMILES string of the molecule is O=C(NCC(F)(F)F)c1cc(-c2cnn3cc(-c4ccc5ccoc5c4)cnc23)cs1. The first-order chi connectivity index (χ1) is 14.9. The van der Waals surface area contributed by atoms with Crippen LogP contribution in [0.25, 0.3) is 38.9 Å². The number of nitrogens with zero attached hydrogens (tertiary/aromatic N) is 3. The number of benzene rings is 1. The molecule has 0 saturated carbocycles. The third-order valence-corrected chi connectivity index (χ3v) is 5.66. The van der Waals surface area contributed by atoms with E-state index in [1.165, 1.54) is 6.07 Å². The monoisotopic (exact) mass is 442 g/mol. The molecular formula is C21H13F3N4O2S. The fourth-order valence-corrected chi connectivity index (χ4v) is 4.05. The predicted octanol–water partition coefficient (Wildman–Crippen LogP) is 5.16. The molecule has 0 spiro atoms. The Morgan fingerprint density at radius 2 is 2.00 bits per heavy atom. The number of alkyl halides is 3. The quantitative estimate of drug-likeness (QED) is 0.417. The van der Waals surface area contributed by atoms with Gasteiger partial charge in [-0.15, -0.1) is 11.3 Å². The Hall–Kier alpha value is -3.66. The molecule has 0 aliphatic heterocycles. The molecule has 0 atom stereocenters. The molecule has 10 heteroatoms. The van der Waals surface area contributed by atoms with Crippen molar-refractivity contribution in [1.82, 2.24) is 19.9 Å². The van der Waals surface area contributed by atoms with E-state index in [2.05, 4.69) is 10.1 Å². The number of thiophene rings is 1. The molecule has 156 valence electrons. The van der Waals surface area contributed by atoms with E-state index in [-0.39, 0.29) is 4.88 Å². The minimum absolute atomic E-state index is 0.182. The van der Waals surface area contributed by atoms with Gasteiger partial charge in [0.05, 0.1) is 17.3 Å². The molecule has 6 nitrogen and oxygen atoms in total. The second kappa shape index (κ2) is 7.24. The fraction of sp³-hybridized carbons (Fsp3) is 0.0952. The van der Waals surface area contributed by atoms with Crippen LogP contribution in [-0.2, 0) is 0 Å². The van der Waals surface area contributed by atoms with Gasteiger partial charge in [0.25, 0.3) is 5.91 Å². The maximum absolute atomic E-state index is 12.3. The minimum atomic E-state index is -4.46. The molecule has 0 saturated heterocycles. The highest BCUT2D eigenvalue weighted by Crippen LogP contribution is 2.30. The molecule has 1 N–H and O–H groups in total. The molecule has 1 aromatic carbocycles. The molecule has 0 bridgehead atoms. The standard InChI is InChI=1S/C21H13F3N4O2S/c22-21(23,24)11-26-20(29)18-6-14(10-31-18)16-8-27-28-9-15(7-25-19(16)28)13-2-1-12-3-4-30-17(12)5-13/h1-10H,11H2,(H,26,29). The molecule has 0 radical (unpaired) electrons. The van der Waals surface area contributed by atoms with E-state index >= 15 is 0 Å². The molecule has 1 amide bonds. The van der Waals surface area contributed by atoms with E-state index in [9.17, 15) is 18.0 Å². The zero-order chi connectivity index (χ0) is 21.6. The molecule has 31 heavy (non-hydrogen) atoms. The van der Waals surface area contributed by atoms with E-state index < -0.39 is 18.6 Å². The number of fused-ring (bicyclic) bond motifs is 2. The zero-order valence-corrected chi connectivity index (χ0v) is 16.5. The smallest absolute Gasteiger partial charge is 0.405 e. The van der Waals surface area contributed by atoms with Crippen molar-refractivity contribution in [3.8, 4) is 22.3 Å². The average Bonchev–Trinajstić information content (AvgIpc) is 3.48. The number of halogens is 3. The lowest BCUT2D eigenvalue weighted by Gasteiger charge is -2.06. The van der Waals surface area contributed by atoms with Crippen LogP contribution >= 0.6 is 11.3 Å². The van der Waals surface area contributed by atoms with Gasteiger partial charge in [0.15, 0.2) is 5.65 Å². The summed E-state index contributed by atoms with van der Waals surface area (Å²) in [6.07, 6.45) is 2.34. The number of rotatable bonds is 4. The van der Waals surface area contributed by atoms with Crippen LogP contribution in [0.3, 0.4) is 0 Å². The maximum Gasteiger partial charge on any atom is 0.405 e. The van der Waals surface area contributed by atoms with Gasteiger partial charge in [-0.3, -0.25) is 4.79 Å². The Kier molecular flexibility index (Phi) is 4.51. The van der Waals surface area contributed by atoms with Gasteiger partial charge in [-0.25, -0.2) is 9.50 Å². The summed E-state index contributed by atoms with van der Waals surface area (Å²) >= 11 is 1.06. The van der Waals surface area contributed by atoms with Crippen LogP contribution in [0, 0.1) is 0 Å². The van der Waals surface area contributed by atoms with Crippen molar-refractivity contribution in [2.45, 2.75) is 6.18 Å². The van der Waals surface area contributed by atoms with Crippen molar-refractivity contribution >= 4 is 33.9 Å². The van der Waals surface area contributed by atoms with Crippen LogP contribution in [0.2, 0.25) is 0 Å². The lowest BCUT2D eigenvalue weighted by atomic mass is 10.1. The first-order valence-electron chi connectivity index (χ1n) is 9.12. The summed E-state index contributed by atoms with van der Waals surface area (Å²) in [6, 6.07) is 9.28. The van der Waals surface area contributed by atoms with Crippen LogP contribution < -0.4 is 5.32 Å². The Balaban J connectivity index is 1.43. The van der Waals surface area contributed by atoms with Crippen molar-refractivity contribution in [2.24, 2.45) is 0 Å². The fourth-order valence-electron chi connectivity index (χ4n) is 3.23. The van der Waals surface area contributed by atoms with E-state index in [1.807, 2.05) is 35.8 Å². The predicted molar refractivity (Wildman–Crippen MR) is 110 cm³/mol. The third kappa shape index (κ3) is 3.77. The molecular weight excluding hydrogens is 429 g/mol. The molecule has 0 aliphatic carbocycles. The molecule has 0 unspecified atom stereocenters. The topological polar surface area (TPSA) is 72.4 Å². The zero-order valence-electron chi connectivity index (χ0n) is 15.7. The first-order valence-corrected chi connectivity index (χ1v) is 10.0. The molecule has 4 heterocycles. The van der Waals surface area contributed by atoms with E-state index in [0.29, 0.717) is 16.8 Å². The van der Waals surface area contributed by atoms with Gasteiger partial charge in [-0.2, -0.15) is 18.3 Å². The van der Waals surface area contributed by atoms with Crippen LogP contribution in [0.5, 0.6) is 0 Å². The van der Waals surface area contributed by atoms with Gasteiger partial charge in [0.2, 0.25) is 0 Å². The summed E-state index contributed by atoms with van der Waals surface area (Å²) in [5.74, 6) is -0.770. The molecule has 4 aromatic heterocycles. The number of hydrogen-bond acceptors (Lipinski definition) is 5. The maximum atomic E-state index is 12.3. The lowest BCUT2D eigenvalue weighted by Crippen LogP contribution is -2.33. The minimum Gasteiger partial charge on any atom is -0.464 e. The summed E-state index contributed by atoms with van der Waals surface area (Å²) in [5.41, 5.74) is 4.45. The van der Waals surface area contributed by atoms with Gasteiger partial charge < -0.3 is 9.73 Å². The van der Waals surface area contributed by atoms with E-state index in [0.717, 1.165) is 33.4 Å². The van der Waals surface area contributed by atoms with Crippen LogP contribution in [0.15, 0.2) is 65.0 Å². The van der Waals surface area contributed by atoms with Crippen molar-refractivity contribution in [3.63, 3.8) is 0 Å². The molecule has 5 aromatic rings. The normalized spacial score (nSPS) is 12.0. The van der Waals surface area contributed by atoms with Crippen molar-refractivity contribution in [3.05, 3.63) is 65.4 Å². The Labute approximate surface area is 176 Å². The average molecular weight is 442 g/mol. The number of furan rings is 1. The summed E-state index contributed by atoms with van der Waals surface area (Å²) in [4.78, 5) is 16.7. The number of nitrogens with one attached hydrogen (secondary N) is 1. The van der Waals surface area contributed by atoms with Crippen LogP contribution in [-0.4, -0.2) is 33.2 Å². The number of carbonyl (C=O) groups excluding carboxylic acids is 1. The lowest BCUT2D eigenvalue weighted by molar-refractivity contribution is -0.123. The number of carbonyl (C=O) groups is 1. The Morgan fingerprint density at radius 3 is 2.84 bits per heavy atom. The number of amides is 1. The van der Waals surface area contributed by atoms with E-state index in [4.69, 9.17) is 4.42 Å². The highest BCUT2D eigenvalue weighted by molar-refractivity contribution is 7.12. The van der Waals surface area contributed by atoms with Crippen molar-refractivity contribution in [2.75, 3.05) is 6.54 Å². The van der Waals surface area contributed by atoms with Crippen molar-refractivity contribution < 1.29 is 22.4 Å². The van der Waals surface area contributed by atoms with E-state index in [1.54, 1.807) is 28.6 Å². The highest BCUT2D eigenvalue weighted by atomic mass is 32.1. The van der Waals surface area contributed by atoms with Crippen LogP contribution in [0.1, 0.15) is 9.67 Å².